The van der Waals surface area contributed by atoms with Crippen molar-refractivity contribution in [3.8, 4) is 0 Å². The first-order valence-electron chi connectivity index (χ1n) is 5.59. The second-order valence-corrected chi connectivity index (χ2v) is 7.08. The molecule has 2 rings (SSSR count). The van der Waals surface area contributed by atoms with Gasteiger partial charge in [0.25, 0.3) is 0 Å². The Hall–Kier alpha value is -1.60. The third-order valence-corrected chi connectivity index (χ3v) is 4.51. The van der Waals surface area contributed by atoms with Crippen molar-refractivity contribution >= 4 is 42.8 Å². The van der Waals surface area contributed by atoms with Crippen LogP contribution in [-0.2, 0) is 9.84 Å². The summed E-state index contributed by atoms with van der Waals surface area (Å²) in [6.07, 6.45) is 1.08. The van der Waals surface area contributed by atoms with Crippen LogP contribution in [0.3, 0.4) is 0 Å². The third kappa shape index (κ3) is 3.10. The summed E-state index contributed by atoms with van der Waals surface area (Å²) in [6.45, 7) is 0. The van der Waals surface area contributed by atoms with Crippen LogP contribution < -0.4 is 11.1 Å². The number of benzene rings is 2. The topological polar surface area (TPSA) is 72.2 Å². The van der Waals surface area contributed by atoms with Gasteiger partial charge in [-0.2, -0.15) is 0 Å². The molecule has 3 N–H and O–H groups in total. The molecular formula is C13H12BrFN2O2S. The van der Waals surface area contributed by atoms with Crippen LogP contribution in [0.25, 0.3) is 0 Å². The molecule has 0 heterocycles. The molecule has 0 aromatic heterocycles. The van der Waals surface area contributed by atoms with Crippen LogP contribution in [0.4, 0.5) is 21.5 Å². The average Bonchev–Trinajstić information content (AvgIpc) is 2.35. The van der Waals surface area contributed by atoms with Crippen LogP contribution in [0.5, 0.6) is 0 Å². The Morgan fingerprint density at radius 1 is 1.20 bits per heavy atom. The molecule has 0 saturated carbocycles. The first kappa shape index (κ1) is 14.8. The molecule has 106 valence electrons. The van der Waals surface area contributed by atoms with E-state index in [0.717, 1.165) is 6.26 Å². The number of nitrogens with one attached hydrogen (secondary N) is 1. The Morgan fingerprint density at radius 2 is 1.90 bits per heavy atom. The van der Waals surface area contributed by atoms with Crippen molar-refractivity contribution < 1.29 is 12.8 Å². The van der Waals surface area contributed by atoms with Crippen molar-refractivity contribution in [2.45, 2.75) is 4.90 Å². The molecule has 0 aliphatic carbocycles. The standard InChI is InChI=1S/C13H12BrFN2O2S/c1-20(18,19)12-4-2-3-10(13(12)16)17-11-7-8(15)5-6-9(11)14/h2-7,17H,16H2,1H3. The minimum absolute atomic E-state index is 0.0371. The van der Waals surface area contributed by atoms with Crippen LogP contribution >= 0.6 is 15.9 Å². The highest BCUT2D eigenvalue weighted by Crippen LogP contribution is 2.32. The lowest BCUT2D eigenvalue weighted by Gasteiger charge is -2.13. The number of hydrogen-bond donors (Lipinski definition) is 2. The van der Waals surface area contributed by atoms with Crippen LogP contribution in [0.2, 0.25) is 0 Å². The number of nitrogens with two attached hydrogens (primary N) is 1. The van der Waals surface area contributed by atoms with Gasteiger partial charge >= 0.3 is 0 Å². The molecule has 0 spiro atoms. The molecule has 0 amide bonds. The highest BCUT2D eigenvalue weighted by Gasteiger charge is 2.14. The van der Waals surface area contributed by atoms with Gasteiger partial charge in [-0.25, -0.2) is 12.8 Å². The van der Waals surface area contributed by atoms with Crippen molar-refractivity contribution in [2.75, 3.05) is 17.3 Å². The maximum absolute atomic E-state index is 13.2. The summed E-state index contributed by atoms with van der Waals surface area (Å²) in [6, 6.07) is 8.77. The zero-order chi connectivity index (χ0) is 14.9. The molecule has 2 aromatic carbocycles. The second-order valence-electron chi connectivity index (χ2n) is 4.24. The highest BCUT2D eigenvalue weighted by atomic mass is 79.9. The number of para-hydroxylation sites is 1. The molecule has 0 aliphatic heterocycles. The first-order valence-corrected chi connectivity index (χ1v) is 8.28. The Labute approximate surface area is 124 Å². The fourth-order valence-corrected chi connectivity index (χ4v) is 2.90. The first-order chi connectivity index (χ1) is 9.29. The minimum Gasteiger partial charge on any atom is -0.396 e. The fraction of sp³-hybridized carbons (Fsp3) is 0.0769. The van der Waals surface area contributed by atoms with Crippen LogP contribution in [-0.4, -0.2) is 14.7 Å². The number of rotatable bonds is 3. The van der Waals surface area contributed by atoms with E-state index in [-0.39, 0.29) is 10.6 Å². The van der Waals surface area contributed by atoms with Crippen LogP contribution in [0.1, 0.15) is 0 Å². The summed E-state index contributed by atoms with van der Waals surface area (Å²) in [4.78, 5) is 0.0371. The van der Waals surface area contributed by atoms with E-state index in [0.29, 0.717) is 15.8 Å². The third-order valence-electron chi connectivity index (χ3n) is 2.66. The quantitative estimate of drug-likeness (QED) is 0.825. The molecule has 0 bridgehead atoms. The molecule has 7 heteroatoms. The number of sulfone groups is 1. The van der Waals surface area contributed by atoms with Crippen molar-refractivity contribution in [1.82, 2.24) is 0 Å². The monoisotopic (exact) mass is 358 g/mol. The number of anilines is 3. The van der Waals surface area contributed by atoms with Crippen molar-refractivity contribution in [2.24, 2.45) is 0 Å². The van der Waals surface area contributed by atoms with Gasteiger partial charge in [-0.15, -0.1) is 0 Å². The van der Waals surface area contributed by atoms with E-state index in [4.69, 9.17) is 5.73 Å². The average molecular weight is 359 g/mol. The van der Waals surface area contributed by atoms with E-state index in [1.165, 1.54) is 18.2 Å². The normalized spacial score (nSPS) is 11.3. The van der Waals surface area contributed by atoms with E-state index in [2.05, 4.69) is 21.2 Å². The summed E-state index contributed by atoms with van der Waals surface area (Å²) in [5.74, 6) is -0.409. The zero-order valence-corrected chi connectivity index (χ0v) is 12.9. The van der Waals surface area contributed by atoms with Gasteiger partial charge in [0.15, 0.2) is 9.84 Å². The maximum atomic E-state index is 13.2. The van der Waals surface area contributed by atoms with Gasteiger partial charge in [0.2, 0.25) is 0 Å². The lowest BCUT2D eigenvalue weighted by Crippen LogP contribution is -2.05. The second kappa shape index (κ2) is 5.41. The Bertz CT molecular complexity index is 763. The van der Waals surface area contributed by atoms with Gasteiger partial charge in [0.05, 0.1) is 22.0 Å². The van der Waals surface area contributed by atoms with Gasteiger partial charge in [-0.3, -0.25) is 0 Å². The van der Waals surface area contributed by atoms with Crippen molar-refractivity contribution in [3.63, 3.8) is 0 Å². The molecular weight excluding hydrogens is 347 g/mol. The predicted octanol–water partition coefficient (Wildman–Crippen LogP) is 3.32. The molecule has 2 aromatic rings. The number of nitrogen functional groups attached to an aromatic ring is 1. The van der Waals surface area contributed by atoms with E-state index < -0.39 is 15.7 Å². The molecule has 0 saturated heterocycles. The molecule has 4 nitrogen and oxygen atoms in total. The Kier molecular flexibility index (Phi) is 4.01. The highest BCUT2D eigenvalue weighted by molar-refractivity contribution is 9.10. The molecule has 20 heavy (non-hydrogen) atoms. The molecule has 0 radical (unpaired) electrons. The fourth-order valence-electron chi connectivity index (χ4n) is 1.71. The minimum atomic E-state index is -3.42. The van der Waals surface area contributed by atoms with E-state index in [1.54, 1.807) is 18.2 Å². The predicted molar refractivity (Wildman–Crippen MR) is 81.3 cm³/mol. The Balaban J connectivity index is 2.47. The van der Waals surface area contributed by atoms with E-state index in [1.807, 2.05) is 0 Å². The van der Waals surface area contributed by atoms with Crippen LogP contribution in [0, 0.1) is 5.82 Å². The maximum Gasteiger partial charge on any atom is 0.177 e. The van der Waals surface area contributed by atoms with E-state index in [9.17, 15) is 12.8 Å². The van der Waals surface area contributed by atoms with Crippen LogP contribution in [0.15, 0.2) is 45.8 Å². The molecule has 0 aliphatic rings. The lowest BCUT2D eigenvalue weighted by atomic mass is 10.2. The largest absolute Gasteiger partial charge is 0.396 e. The van der Waals surface area contributed by atoms with Gasteiger partial charge in [-0.1, -0.05) is 6.07 Å². The number of halogens is 2. The molecule has 0 atom stereocenters. The molecule has 0 fully saturated rings. The van der Waals surface area contributed by atoms with Crippen molar-refractivity contribution in [1.29, 1.82) is 0 Å². The zero-order valence-electron chi connectivity index (χ0n) is 10.5. The summed E-state index contributed by atoms with van der Waals surface area (Å²) in [5.41, 5.74) is 6.82. The SMILES string of the molecule is CS(=O)(=O)c1cccc(Nc2cc(F)ccc2Br)c1N. The van der Waals surface area contributed by atoms with Gasteiger partial charge < -0.3 is 11.1 Å². The summed E-state index contributed by atoms with van der Waals surface area (Å²) >= 11 is 3.28. The van der Waals surface area contributed by atoms with Crippen molar-refractivity contribution in [3.05, 3.63) is 46.7 Å². The summed E-state index contributed by atoms with van der Waals surface area (Å²) in [5, 5.41) is 2.92. The smallest absolute Gasteiger partial charge is 0.177 e. The Morgan fingerprint density at radius 3 is 2.55 bits per heavy atom. The molecule has 0 unspecified atom stereocenters. The van der Waals surface area contributed by atoms with E-state index >= 15 is 0 Å². The summed E-state index contributed by atoms with van der Waals surface area (Å²) in [7, 11) is -3.42. The van der Waals surface area contributed by atoms with Gasteiger partial charge in [0.1, 0.15) is 5.82 Å². The van der Waals surface area contributed by atoms with Gasteiger partial charge in [-0.05, 0) is 46.3 Å². The van der Waals surface area contributed by atoms with Gasteiger partial charge in [0, 0.05) is 10.7 Å². The lowest BCUT2D eigenvalue weighted by molar-refractivity contribution is 0.602. The summed E-state index contributed by atoms with van der Waals surface area (Å²) < 4.78 is 37.1. The number of hydrogen-bond acceptors (Lipinski definition) is 4.